The van der Waals surface area contributed by atoms with E-state index in [9.17, 15) is 14.4 Å². The van der Waals surface area contributed by atoms with E-state index in [0.29, 0.717) is 31.6 Å². The molecule has 1 aromatic carbocycles. The highest BCUT2D eigenvalue weighted by atomic mass is 16.4. The zero-order valence-electron chi connectivity index (χ0n) is 13.4. The van der Waals surface area contributed by atoms with Crippen molar-refractivity contribution in [3.05, 3.63) is 29.8 Å². The Hall–Kier alpha value is -2.37. The van der Waals surface area contributed by atoms with Crippen LogP contribution in [0.4, 0.5) is 5.69 Å². The highest BCUT2D eigenvalue weighted by Gasteiger charge is 2.28. The number of carbonyl (C=O) groups is 3. The zero-order valence-corrected chi connectivity index (χ0v) is 13.4. The number of carboxylic acids is 1. The Bertz CT molecular complexity index is 604. The number of nitrogens with zero attached hydrogens (tertiary/aromatic N) is 1. The lowest BCUT2D eigenvalue weighted by molar-refractivity contribution is -0.137. The molecule has 2 N–H and O–H groups in total. The monoisotopic (exact) mass is 318 g/mol. The lowest BCUT2D eigenvalue weighted by atomic mass is 9.95. The third kappa shape index (κ3) is 4.31. The summed E-state index contributed by atoms with van der Waals surface area (Å²) in [6.45, 7) is 4.92. The van der Waals surface area contributed by atoms with Crippen molar-refractivity contribution in [1.82, 2.24) is 4.90 Å². The molecule has 2 amide bonds. The molecule has 124 valence electrons. The van der Waals surface area contributed by atoms with Gasteiger partial charge in [0.05, 0.1) is 5.56 Å². The number of likely N-dealkylation sites (tertiary alicyclic amines) is 1. The van der Waals surface area contributed by atoms with Crippen LogP contribution in [0, 0.1) is 11.8 Å². The summed E-state index contributed by atoms with van der Waals surface area (Å²) >= 11 is 0. The van der Waals surface area contributed by atoms with Crippen molar-refractivity contribution in [3.8, 4) is 0 Å². The van der Waals surface area contributed by atoms with Crippen LogP contribution < -0.4 is 5.32 Å². The number of benzene rings is 1. The van der Waals surface area contributed by atoms with Crippen molar-refractivity contribution < 1.29 is 19.5 Å². The van der Waals surface area contributed by atoms with E-state index < -0.39 is 5.97 Å². The molecule has 0 atom stereocenters. The molecule has 1 fully saturated rings. The van der Waals surface area contributed by atoms with Crippen LogP contribution in [0.15, 0.2) is 24.3 Å². The summed E-state index contributed by atoms with van der Waals surface area (Å²) < 4.78 is 0. The molecule has 1 heterocycles. The Labute approximate surface area is 135 Å². The smallest absolute Gasteiger partial charge is 0.335 e. The Morgan fingerprint density at radius 1 is 1.22 bits per heavy atom. The van der Waals surface area contributed by atoms with Crippen LogP contribution in [-0.4, -0.2) is 40.9 Å². The van der Waals surface area contributed by atoms with Gasteiger partial charge in [0.25, 0.3) is 0 Å². The van der Waals surface area contributed by atoms with E-state index in [1.54, 1.807) is 17.0 Å². The number of aromatic carboxylic acids is 1. The fraction of sp³-hybridized carbons (Fsp3) is 0.471. The first kappa shape index (κ1) is 17.0. The van der Waals surface area contributed by atoms with Gasteiger partial charge in [-0.05, 0) is 31.0 Å². The summed E-state index contributed by atoms with van der Waals surface area (Å²) in [5.41, 5.74) is 0.621. The van der Waals surface area contributed by atoms with E-state index in [-0.39, 0.29) is 29.2 Å². The van der Waals surface area contributed by atoms with Crippen molar-refractivity contribution >= 4 is 23.5 Å². The second-order valence-corrected chi connectivity index (χ2v) is 6.13. The Kier molecular flexibility index (Phi) is 5.36. The third-order valence-electron chi connectivity index (χ3n) is 4.05. The summed E-state index contributed by atoms with van der Waals surface area (Å²) in [7, 11) is 0. The molecule has 1 aliphatic heterocycles. The number of hydrogen-bond acceptors (Lipinski definition) is 3. The maximum absolute atomic E-state index is 12.3. The van der Waals surface area contributed by atoms with Crippen LogP contribution in [0.2, 0.25) is 0 Å². The van der Waals surface area contributed by atoms with Crippen molar-refractivity contribution in [2.45, 2.75) is 26.7 Å². The van der Waals surface area contributed by atoms with E-state index in [0.717, 1.165) is 0 Å². The number of piperidine rings is 1. The predicted molar refractivity (Wildman–Crippen MR) is 86.2 cm³/mol. The van der Waals surface area contributed by atoms with Gasteiger partial charge < -0.3 is 15.3 Å². The summed E-state index contributed by atoms with van der Waals surface area (Å²) in [6.07, 6.45) is 1.26. The van der Waals surface area contributed by atoms with E-state index >= 15 is 0 Å². The van der Waals surface area contributed by atoms with Gasteiger partial charge in [0.2, 0.25) is 11.8 Å². The molecular formula is C17H22N2O4. The predicted octanol–water partition coefficient (Wildman–Crippen LogP) is 2.22. The number of hydrogen-bond donors (Lipinski definition) is 2. The van der Waals surface area contributed by atoms with Gasteiger partial charge in [-0.25, -0.2) is 4.79 Å². The second-order valence-electron chi connectivity index (χ2n) is 6.13. The summed E-state index contributed by atoms with van der Waals surface area (Å²) in [6, 6.07) is 6.19. The van der Waals surface area contributed by atoms with E-state index in [4.69, 9.17) is 5.11 Å². The standard InChI is InChI=1S/C17H22N2O4/c1-11(2)16(21)19-8-6-12(7-9-19)15(20)18-14-5-3-4-13(10-14)17(22)23/h3-5,10-12H,6-9H2,1-2H3,(H,18,20)(H,22,23). The molecule has 0 aliphatic carbocycles. The van der Waals surface area contributed by atoms with Gasteiger partial charge in [-0.3, -0.25) is 9.59 Å². The average molecular weight is 318 g/mol. The lowest BCUT2D eigenvalue weighted by Gasteiger charge is -2.32. The van der Waals surface area contributed by atoms with E-state index in [1.807, 2.05) is 13.8 Å². The van der Waals surface area contributed by atoms with E-state index in [1.165, 1.54) is 12.1 Å². The molecule has 1 saturated heterocycles. The van der Waals surface area contributed by atoms with Crippen LogP contribution in [0.25, 0.3) is 0 Å². The van der Waals surface area contributed by atoms with Crippen LogP contribution >= 0.6 is 0 Å². The molecule has 23 heavy (non-hydrogen) atoms. The number of anilines is 1. The van der Waals surface area contributed by atoms with Gasteiger partial charge in [0.1, 0.15) is 0 Å². The first-order valence-electron chi connectivity index (χ1n) is 7.81. The topological polar surface area (TPSA) is 86.7 Å². The summed E-state index contributed by atoms with van der Waals surface area (Å²) in [5.74, 6) is -1.21. The highest BCUT2D eigenvalue weighted by Crippen LogP contribution is 2.21. The van der Waals surface area contributed by atoms with E-state index in [2.05, 4.69) is 5.32 Å². The molecule has 0 radical (unpaired) electrons. The molecular weight excluding hydrogens is 296 g/mol. The maximum atomic E-state index is 12.3. The minimum Gasteiger partial charge on any atom is -0.478 e. The van der Waals surface area contributed by atoms with Gasteiger partial charge >= 0.3 is 5.97 Å². The summed E-state index contributed by atoms with van der Waals surface area (Å²) in [5, 5.41) is 11.7. The molecule has 0 aromatic heterocycles. The first-order chi connectivity index (χ1) is 10.9. The molecule has 6 nitrogen and oxygen atoms in total. The molecule has 6 heteroatoms. The SMILES string of the molecule is CC(C)C(=O)N1CCC(C(=O)Nc2cccc(C(=O)O)c2)CC1. The number of nitrogens with one attached hydrogen (secondary N) is 1. The molecule has 0 bridgehead atoms. The quantitative estimate of drug-likeness (QED) is 0.891. The minimum absolute atomic E-state index is 0.0286. The van der Waals surface area contributed by atoms with Crippen LogP contribution in [0.1, 0.15) is 37.0 Å². The van der Waals surface area contributed by atoms with Crippen LogP contribution in [0.5, 0.6) is 0 Å². The second kappa shape index (κ2) is 7.26. The first-order valence-corrected chi connectivity index (χ1v) is 7.81. The maximum Gasteiger partial charge on any atom is 0.335 e. The van der Waals surface area contributed by atoms with Crippen LogP contribution in [0.3, 0.4) is 0 Å². The fourth-order valence-electron chi connectivity index (χ4n) is 2.70. The van der Waals surface area contributed by atoms with Gasteiger partial charge in [0, 0.05) is 30.6 Å². The number of carboxylic acid groups (broad SMARTS) is 1. The largest absolute Gasteiger partial charge is 0.478 e. The van der Waals surface area contributed by atoms with Crippen molar-refractivity contribution in [1.29, 1.82) is 0 Å². The fourth-order valence-corrected chi connectivity index (χ4v) is 2.70. The Morgan fingerprint density at radius 2 is 1.87 bits per heavy atom. The van der Waals surface area contributed by atoms with Crippen LogP contribution in [-0.2, 0) is 9.59 Å². The van der Waals surface area contributed by atoms with Crippen molar-refractivity contribution in [2.24, 2.45) is 11.8 Å². The number of amides is 2. The molecule has 2 rings (SSSR count). The zero-order chi connectivity index (χ0) is 17.0. The van der Waals surface area contributed by atoms with Gasteiger partial charge in [-0.2, -0.15) is 0 Å². The molecule has 1 aromatic rings. The van der Waals surface area contributed by atoms with Gasteiger partial charge in [-0.1, -0.05) is 19.9 Å². The van der Waals surface area contributed by atoms with Crippen molar-refractivity contribution in [3.63, 3.8) is 0 Å². The average Bonchev–Trinajstić information content (AvgIpc) is 2.54. The van der Waals surface area contributed by atoms with Crippen molar-refractivity contribution in [2.75, 3.05) is 18.4 Å². The molecule has 0 saturated carbocycles. The number of rotatable bonds is 4. The minimum atomic E-state index is -1.03. The lowest BCUT2D eigenvalue weighted by Crippen LogP contribution is -2.43. The number of carbonyl (C=O) groups excluding carboxylic acids is 2. The van der Waals surface area contributed by atoms with Gasteiger partial charge in [-0.15, -0.1) is 0 Å². The molecule has 0 spiro atoms. The normalized spacial score (nSPS) is 15.5. The highest BCUT2D eigenvalue weighted by molar-refractivity contribution is 5.95. The Morgan fingerprint density at radius 3 is 2.43 bits per heavy atom. The third-order valence-corrected chi connectivity index (χ3v) is 4.05. The summed E-state index contributed by atoms with van der Waals surface area (Å²) in [4.78, 5) is 37.0. The molecule has 1 aliphatic rings. The van der Waals surface area contributed by atoms with Gasteiger partial charge in [0.15, 0.2) is 0 Å². The Balaban J connectivity index is 1.92. The molecule has 0 unspecified atom stereocenters.